The highest BCUT2D eigenvalue weighted by Crippen LogP contribution is 2.09. The summed E-state index contributed by atoms with van der Waals surface area (Å²) in [4.78, 5) is 0. The van der Waals surface area contributed by atoms with Crippen molar-refractivity contribution < 1.29 is 4.39 Å². The van der Waals surface area contributed by atoms with Crippen molar-refractivity contribution in [3.8, 4) is 0 Å². The average Bonchev–Trinajstić information content (AvgIpc) is 2.18. The van der Waals surface area contributed by atoms with Gasteiger partial charge in [-0.2, -0.15) is 0 Å². The summed E-state index contributed by atoms with van der Waals surface area (Å²) in [6.07, 6.45) is 2.13. The summed E-state index contributed by atoms with van der Waals surface area (Å²) in [7, 11) is 0. The molecule has 0 spiro atoms. The lowest BCUT2D eigenvalue weighted by molar-refractivity contribution is 0.616. The lowest BCUT2D eigenvalue weighted by atomic mass is 10.1. The third-order valence-corrected chi connectivity index (χ3v) is 2.24. The molecule has 0 aromatic heterocycles. The van der Waals surface area contributed by atoms with Crippen LogP contribution in [0.15, 0.2) is 18.2 Å². The Labute approximate surface area is 85.3 Å². The number of benzene rings is 1. The number of nitrogens with one attached hydrogen (secondary N) is 1. The average molecular weight is 195 g/mol. The lowest BCUT2D eigenvalue weighted by Crippen LogP contribution is -2.17. The van der Waals surface area contributed by atoms with E-state index in [1.54, 1.807) is 13.0 Å². The number of halogens is 1. The van der Waals surface area contributed by atoms with Crippen LogP contribution in [-0.4, -0.2) is 13.1 Å². The molecule has 0 saturated heterocycles. The standard InChI is InChI=1S/C12H18FN/c1-3-7-14-8-6-11-4-5-12(13)10(2)9-11/h4-5,9,14H,3,6-8H2,1-2H3. The third kappa shape index (κ3) is 3.46. The summed E-state index contributed by atoms with van der Waals surface area (Å²) in [6.45, 7) is 5.98. The Kier molecular flexibility index (Phi) is 4.60. The van der Waals surface area contributed by atoms with E-state index in [9.17, 15) is 4.39 Å². The van der Waals surface area contributed by atoms with Crippen molar-refractivity contribution in [1.82, 2.24) is 5.32 Å². The van der Waals surface area contributed by atoms with Crippen LogP contribution in [0, 0.1) is 12.7 Å². The van der Waals surface area contributed by atoms with Crippen molar-refractivity contribution in [2.24, 2.45) is 0 Å². The molecule has 1 rings (SSSR count). The summed E-state index contributed by atoms with van der Waals surface area (Å²) in [5.74, 6) is -0.115. The van der Waals surface area contributed by atoms with Gasteiger partial charge in [-0.15, -0.1) is 0 Å². The SMILES string of the molecule is CCCNCCc1ccc(F)c(C)c1. The second kappa shape index (κ2) is 5.76. The first-order chi connectivity index (χ1) is 6.74. The van der Waals surface area contributed by atoms with Gasteiger partial charge in [0.25, 0.3) is 0 Å². The number of hydrogen-bond acceptors (Lipinski definition) is 1. The van der Waals surface area contributed by atoms with E-state index < -0.39 is 0 Å². The minimum atomic E-state index is -0.115. The molecule has 0 fully saturated rings. The first kappa shape index (κ1) is 11.2. The van der Waals surface area contributed by atoms with Crippen molar-refractivity contribution in [2.75, 3.05) is 13.1 Å². The largest absolute Gasteiger partial charge is 0.316 e. The fourth-order valence-electron chi connectivity index (χ4n) is 1.40. The monoisotopic (exact) mass is 195 g/mol. The molecule has 2 heteroatoms. The van der Waals surface area contributed by atoms with Crippen LogP contribution < -0.4 is 5.32 Å². The van der Waals surface area contributed by atoms with Crippen LogP contribution in [0.1, 0.15) is 24.5 Å². The molecular formula is C12H18FN. The van der Waals surface area contributed by atoms with Crippen LogP contribution >= 0.6 is 0 Å². The molecule has 1 aromatic rings. The molecule has 78 valence electrons. The smallest absolute Gasteiger partial charge is 0.126 e. The fourth-order valence-corrected chi connectivity index (χ4v) is 1.40. The van der Waals surface area contributed by atoms with Gasteiger partial charge in [-0.25, -0.2) is 4.39 Å². The molecule has 1 aromatic carbocycles. The highest BCUT2D eigenvalue weighted by molar-refractivity contribution is 5.24. The molecule has 0 bridgehead atoms. The van der Waals surface area contributed by atoms with Crippen molar-refractivity contribution >= 4 is 0 Å². The van der Waals surface area contributed by atoms with Crippen LogP contribution in [-0.2, 0) is 6.42 Å². The van der Waals surface area contributed by atoms with Gasteiger partial charge in [0.2, 0.25) is 0 Å². The molecule has 0 amide bonds. The second-order valence-corrected chi connectivity index (χ2v) is 3.58. The maximum Gasteiger partial charge on any atom is 0.126 e. The van der Waals surface area contributed by atoms with Gasteiger partial charge >= 0.3 is 0 Å². The van der Waals surface area contributed by atoms with Gasteiger partial charge in [-0.05, 0) is 50.0 Å². The molecule has 0 unspecified atom stereocenters. The Balaban J connectivity index is 2.39. The van der Waals surface area contributed by atoms with Gasteiger partial charge in [0.1, 0.15) is 5.82 Å². The van der Waals surface area contributed by atoms with E-state index in [1.807, 2.05) is 12.1 Å². The fraction of sp³-hybridized carbons (Fsp3) is 0.500. The normalized spacial score (nSPS) is 10.5. The summed E-state index contributed by atoms with van der Waals surface area (Å²) < 4.78 is 12.9. The predicted octanol–water partition coefficient (Wildman–Crippen LogP) is 2.68. The van der Waals surface area contributed by atoms with Crippen molar-refractivity contribution in [3.63, 3.8) is 0 Å². The first-order valence-electron chi connectivity index (χ1n) is 5.19. The van der Waals surface area contributed by atoms with E-state index in [1.165, 1.54) is 5.56 Å². The molecule has 0 aliphatic rings. The molecule has 1 nitrogen and oxygen atoms in total. The van der Waals surface area contributed by atoms with E-state index in [0.29, 0.717) is 0 Å². The molecule has 0 atom stereocenters. The maximum atomic E-state index is 12.9. The molecule has 0 heterocycles. The Morgan fingerprint density at radius 1 is 1.29 bits per heavy atom. The van der Waals surface area contributed by atoms with Crippen LogP contribution in [0.25, 0.3) is 0 Å². The summed E-state index contributed by atoms with van der Waals surface area (Å²) >= 11 is 0. The highest BCUT2D eigenvalue weighted by Gasteiger charge is 1.98. The minimum Gasteiger partial charge on any atom is -0.316 e. The van der Waals surface area contributed by atoms with Crippen LogP contribution in [0.5, 0.6) is 0 Å². The Bertz CT molecular complexity index is 284. The zero-order valence-corrected chi connectivity index (χ0v) is 8.94. The van der Waals surface area contributed by atoms with Crippen molar-refractivity contribution in [3.05, 3.63) is 35.1 Å². The summed E-state index contributed by atoms with van der Waals surface area (Å²) in [5, 5.41) is 3.32. The minimum absolute atomic E-state index is 0.115. The molecule has 1 N–H and O–H groups in total. The Morgan fingerprint density at radius 3 is 2.71 bits per heavy atom. The quantitative estimate of drug-likeness (QED) is 0.712. The zero-order chi connectivity index (χ0) is 10.4. The second-order valence-electron chi connectivity index (χ2n) is 3.58. The zero-order valence-electron chi connectivity index (χ0n) is 8.94. The molecule has 0 aliphatic heterocycles. The predicted molar refractivity (Wildman–Crippen MR) is 58.0 cm³/mol. The van der Waals surface area contributed by atoms with Crippen molar-refractivity contribution in [2.45, 2.75) is 26.7 Å². The highest BCUT2D eigenvalue weighted by atomic mass is 19.1. The molecular weight excluding hydrogens is 177 g/mol. The third-order valence-electron chi connectivity index (χ3n) is 2.24. The van der Waals surface area contributed by atoms with Gasteiger partial charge in [-0.1, -0.05) is 19.1 Å². The molecule has 14 heavy (non-hydrogen) atoms. The molecule has 0 radical (unpaired) electrons. The number of hydrogen-bond donors (Lipinski definition) is 1. The van der Waals surface area contributed by atoms with E-state index in [0.717, 1.165) is 31.5 Å². The van der Waals surface area contributed by atoms with E-state index >= 15 is 0 Å². The van der Waals surface area contributed by atoms with Crippen molar-refractivity contribution in [1.29, 1.82) is 0 Å². The van der Waals surface area contributed by atoms with Gasteiger partial charge in [-0.3, -0.25) is 0 Å². The van der Waals surface area contributed by atoms with Gasteiger partial charge in [0.05, 0.1) is 0 Å². The Hall–Kier alpha value is -0.890. The number of rotatable bonds is 5. The summed E-state index contributed by atoms with van der Waals surface area (Å²) in [5.41, 5.74) is 1.94. The summed E-state index contributed by atoms with van der Waals surface area (Å²) in [6, 6.07) is 5.32. The lowest BCUT2D eigenvalue weighted by Gasteiger charge is -2.04. The van der Waals surface area contributed by atoms with E-state index in [2.05, 4.69) is 12.2 Å². The van der Waals surface area contributed by atoms with Crippen LogP contribution in [0.4, 0.5) is 4.39 Å². The topological polar surface area (TPSA) is 12.0 Å². The van der Waals surface area contributed by atoms with E-state index in [-0.39, 0.29) is 5.82 Å². The van der Waals surface area contributed by atoms with Crippen LogP contribution in [0.3, 0.4) is 0 Å². The Morgan fingerprint density at radius 2 is 2.07 bits per heavy atom. The molecule has 0 aliphatic carbocycles. The maximum absolute atomic E-state index is 12.9. The first-order valence-corrected chi connectivity index (χ1v) is 5.19. The number of aryl methyl sites for hydroxylation is 1. The van der Waals surface area contributed by atoms with Gasteiger partial charge in [0.15, 0.2) is 0 Å². The van der Waals surface area contributed by atoms with Gasteiger partial charge in [0, 0.05) is 0 Å². The molecule has 0 saturated carbocycles. The van der Waals surface area contributed by atoms with Crippen LogP contribution in [0.2, 0.25) is 0 Å². The van der Waals surface area contributed by atoms with Gasteiger partial charge < -0.3 is 5.32 Å². The van der Waals surface area contributed by atoms with E-state index in [4.69, 9.17) is 0 Å².